The number of nitrogens with zero attached hydrogens (tertiary/aromatic N) is 4. The van der Waals surface area contributed by atoms with Crippen LogP contribution in [0.1, 0.15) is 41.0 Å². The fourth-order valence-electron chi connectivity index (χ4n) is 3.68. The zero-order valence-corrected chi connectivity index (χ0v) is 14.4. The van der Waals surface area contributed by atoms with Crippen molar-refractivity contribution >= 4 is 11.6 Å². The van der Waals surface area contributed by atoms with Crippen LogP contribution < -0.4 is 0 Å². The highest BCUT2D eigenvalue weighted by Crippen LogP contribution is 2.24. The quantitative estimate of drug-likeness (QED) is 0.736. The van der Waals surface area contributed by atoms with E-state index >= 15 is 0 Å². The first kappa shape index (κ1) is 15.8. The van der Waals surface area contributed by atoms with Crippen molar-refractivity contribution < 1.29 is 4.79 Å². The van der Waals surface area contributed by atoms with Gasteiger partial charge in [0, 0.05) is 36.9 Å². The van der Waals surface area contributed by atoms with E-state index < -0.39 is 0 Å². The summed E-state index contributed by atoms with van der Waals surface area (Å²) < 4.78 is 1.98. The van der Waals surface area contributed by atoms with Crippen molar-refractivity contribution in [2.45, 2.75) is 38.6 Å². The Morgan fingerprint density at radius 2 is 2.08 bits per heavy atom. The van der Waals surface area contributed by atoms with Crippen LogP contribution in [0.3, 0.4) is 0 Å². The number of aryl methyl sites for hydroxylation is 2. The fourth-order valence-corrected chi connectivity index (χ4v) is 3.68. The summed E-state index contributed by atoms with van der Waals surface area (Å²) in [4.78, 5) is 23.6. The maximum Gasteiger partial charge on any atom is 0.274 e. The molecule has 3 aromatic rings. The lowest BCUT2D eigenvalue weighted by atomic mass is 10.0. The van der Waals surface area contributed by atoms with Crippen molar-refractivity contribution in [3.05, 3.63) is 65.9 Å². The molecule has 0 aromatic carbocycles. The van der Waals surface area contributed by atoms with E-state index in [-0.39, 0.29) is 5.91 Å². The molecule has 5 nitrogen and oxygen atoms in total. The van der Waals surface area contributed by atoms with Crippen molar-refractivity contribution in [1.29, 1.82) is 0 Å². The van der Waals surface area contributed by atoms with Crippen molar-refractivity contribution in [3.63, 3.8) is 0 Å². The standard InChI is InChI=1S/C20H22N4O/c1-15-4-2-6-19-22-18(14-24(15)19)20(25)23-13-3-5-17(23)8-7-16-9-11-21-12-10-16/h2,4,6,9-12,14,17H,3,5,7-8,13H2,1H3. The van der Waals surface area contributed by atoms with Crippen LogP contribution in [0.4, 0.5) is 0 Å². The molecular weight excluding hydrogens is 312 g/mol. The third-order valence-corrected chi connectivity index (χ3v) is 5.07. The molecule has 1 unspecified atom stereocenters. The number of amides is 1. The van der Waals surface area contributed by atoms with Crippen molar-refractivity contribution in [3.8, 4) is 0 Å². The van der Waals surface area contributed by atoms with Crippen molar-refractivity contribution in [2.24, 2.45) is 0 Å². The third kappa shape index (κ3) is 3.14. The van der Waals surface area contributed by atoms with Crippen molar-refractivity contribution in [2.75, 3.05) is 6.54 Å². The van der Waals surface area contributed by atoms with Gasteiger partial charge in [-0.25, -0.2) is 4.98 Å². The van der Waals surface area contributed by atoms with E-state index in [9.17, 15) is 4.79 Å². The molecule has 1 aliphatic heterocycles. The summed E-state index contributed by atoms with van der Waals surface area (Å²) in [5.41, 5.74) is 3.73. The molecule has 0 saturated carbocycles. The minimum atomic E-state index is 0.0559. The van der Waals surface area contributed by atoms with Gasteiger partial charge in [-0.3, -0.25) is 9.78 Å². The first-order valence-electron chi connectivity index (χ1n) is 8.87. The summed E-state index contributed by atoms with van der Waals surface area (Å²) in [6, 6.07) is 10.3. The Morgan fingerprint density at radius 1 is 1.24 bits per heavy atom. The molecule has 0 N–H and O–H groups in total. The number of hydrogen-bond donors (Lipinski definition) is 0. The summed E-state index contributed by atoms with van der Waals surface area (Å²) in [7, 11) is 0. The molecule has 0 radical (unpaired) electrons. The van der Waals surface area contributed by atoms with E-state index in [2.05, 4.69) is 9.97 Å². The predicted molar refractivity (Wildman–Crippen MR) is 96.5 cm³/mol. The van der Waals surface area contributed by atoms with E-state index in [0.717, 1.165) is 43.6 Å². The molecule has 4 heterocycles. The number of rotatable bonds is 4. The average molecular weight is 334 g/mol. The zero-order valence-electron chi connectivity index (χ0n) is 14.4. The molecule has 1 fully saturated rings. The summed E-state index contributed by atoms with van der Waals surface area (Å²) in [6.07, 6.45) is 9.62. The second-order valence-electron chi connectivity index (χ2n) is 6.71. The zero-order chi connectivity index (χ0) is 17.2. The van der Waals surface area contributed by atoms with E-state index in [1.54, 1.807) is 0 Å². The number of aromatic nitrogens is 3. The Kier molecular flexibility index (Phi) is 4.22. The predicted octanol–water partition coefficient (Wildman–Crippen LogP) is 3.28. The highest BCUT2D eigenvalue weighted by atomic mass is 16.2. The molecule has 1 atom stereocenters. The van der Waals surface area contributed by atoms with Crippen LogP contribution >= 0.6 is 0 Å². The van der Waals surface area contributed by atoms with Gasteiger partial charge in [-0.2, -0.15) is 0 Å². The number of hydrogen-bond acceptors (Lipinski definition) is 3. The number of pyridine rings is 2. The summed E-state index contributed by atoms with van der Waals surface area (Å²) >= 11 is 0. The lowest BCUT2D eigenvalue weighted by Crippen LogP contribution is -2.36. The highest BCUT2D eigenvalue weighted by Gasteiger charge is 2.30. The average Bonchev–Trinajstić information content (AvgIpc) is 3.28. The number of imidazole rings is 1. The largest absolute Gasteiger partial charge is 0.334 e. The molecule has 4 rings (SSSR count). The number of carbonyl (C=O) groups excluding carboxylic acids is 1. The van der Waals surface area contributed by atoms with Gasteiger partial charge in [0.2, 0.25) is 0 Å². The Hall–Kier alpha value is -2.69. The fraction of sp³-hybridized carbons (Fsp3) is 0.350. The number of carbonyl (C=O) groups is 1. The van der Waals surface area contributed by atoms with Crippen LogP contribution in [-0.2, 0) is 6.42 Å². The molecule has 1 amide bonds. The second kappa shape index (κ2) is 6.67. The van der Waals surface area contributed by atoms with Crippen LogP contribution in [0.2, 0.25) is 0 Å². The van der Waals surface area contributed by atoms with Crippen LogP contribution in [0.5, 0.6) is 0 Å². The Morgan fingerprint density at radius 3 is 2.88 bits per heavy atom. The summed E-state index contributed by atoms with van der Waals surface area (Å²) in [5.74, 6) is 0.0559. The van der Waals surface area contributed by atoms with Gasteiger partial charge in [-0.15, -0.1) is 0 Å². The minimum Gasteiger partial charge on any atom is -0.334 e. The summed E-state index contributed by atoms with van der Waals surface area (Å²) in [5, 5.41) is 0. The first-order chi connectivity index (χ1) is 12.2. The number of fused-ring (bicyclic) bond motifs is 1. The van der Waals surface area contributed by atoms with Gasteiger partial charge in [0.05, 0.1) is 0 Å². The maximum atomic E-state index is 13.0. The normalized spacial score (nSPS) is 17.3. The van der Waals surface area contributed by atoms with Gasteiger partial charge in [-0.1, -0.05) is 6.07 Å². The highest BCUT2D eigenvalue weighted by molar-refractivity contribution is 5.93. The van der Waals surface area contributed by atoms with Gasteiger partial charge < -0.3 is 9.30 Å². The maximum absolute atomic E-state index is 13.0. The third-order valence-electron chi connectivity index (χ3n) is 5.07. The molecule has 3 aromatic heterocycles. The minimum absolute atomic E-state index is 0.0559. The molecule has 1 saturated heterocycles. The smallest absolute Gasteiger partial charge is 0.274 e. The van der Waals surface area contributed by atoms with Crippen LogP contribution in [0.15, 0.2) is 48.9 Å². The van der Waals surface area contributed by atoms with Gasteiger partial charge in [0.1, 0.15) is 11.3 Å². The molecule has 25 heavy (non-hydrogen) atoms. The van der Waals surface area contributed by atoms with Gasteiger partial charge in [0.25, 0.3) is 5.91 Å². The topological polar surface area (TPSA) is 50.5 Å². The Labute approximate surface area is 147 Å². The second-order valence-corrected chi connectivity index (χ2v) is 6.71. The molecule has 5 heteroatoms. The van der Waals surface area contributed by atoms with E-state index in [1.165, 1.54) is 5.56 Å². The van der Waals surface area contributed by atoms with Gasteiger partial charge >= 0.3 is 0 Å². The molecule has 1 aliphatic rings. The van der Waals surface area contributed by atoms with Gasteiger partial charge in [0.15, 0.2) is 0 Å². The monoisotopic (exact) mass is 334 g/mol. The van der Waals surface area contributed by atoms with Gasteiger partial charge in [-0.05, 0) is 62.4 Å². The van der Waals surface area contributed by atoms with E-state index in [1.807, 2.05) is 65.1 Å². The lowest BCUT2D eigenvalue weighted by molar-refractivity contribution is 0.0725. The molecule has 0 aliphatic carbocycles. The van der Waals surface area contributed by atoms with E-state index in [4.69, 9.17) is 0 Å². The molecule has 0 spiro atoms. The number of likely N-dealkylation sites (tertiary alicyclic amines) is 1. The Balaban J connectivity index is 1.50. The van der Waals surface area contributed by atoms with Crippen LogP contribution in [0, 0.1) is 6.92 Å². The van der Waals surface area contributed by atoms with Crippen LogP contribution in [-0.4, -0.2) is 37.8 Å². The van der Waals surface area contributed by atoms with E-state index in [0.29, 0.717) is 11.7 Å². The first-order valence-corrected chi connectivity index (χ1v) is 8.87. The molecular formula is C20H22N4O. The molecule has 0 bridgehead atoms. The van der Waals surface area contributed by atoms with Crippen molar-refractivity contribution in [1.82, 2.24) is 19.3 Å². The molecule has 128 valence electrons. The Bertz CT molecular complexity index is 887. The van der Waals surface area contributed by atoms with Crippen LogP contribution in [0.25, 0.3) is 5.65 Å². The lowest BCUT2D eigenvalue weighted by Gasteiger charge is -2.24. The summed E-state index contributed by atoms with van der Waals surface area (Å²) in [6.45, 7) is 2.85. The SMILES string of the molecule is Cc1cccc2nc(C(=O)N3CCCC3CCc3ccncc3)cn12.